The molecule has 1 unspecified atom stereocenters. The van der Waals surface area contributed by atoms with Gasteiger partial charge >= 0.3 is 12.0 Å². The van der Waals surface area contributed by atoms with E-state index < -0.39 is 23.7 Å². The van der Waals surface area contributed by atoms with E-state index in [1.165, 1.54) is 0 Å². The van der Waals surface area contributed by atoms with Crippen LogP contribution in [0.5, 0.6) is 0 Å². The SMILES string of the molecule is CCC(CNC(=O)Nc1c(Cl)cc(F)cc1Br)C(=O)O. The highest BCUT2D eigenvalue weighted by atomic mass is 79.9. The minimum atomic E-state index is -0.978. The summed E-state index contributed by atoms with van der Waals surface area (Å²) < 4.78 is 13.3. The van der Waals surface area contributed by atoms with E-state index in [0.29, 0.717) is 10.9 Å². The standard InChI is InChI=1S/C12H13BrClFN2O3/c1-2-6(11(18)19)5-16-12(20)17-10-8(13)3-7(15)4-9(10)14/h3-4,6H,2,5H2,1H3,(H,18,19)(H2,16,17,20). The lowest BCUT2D eigenvalue weighted by Crippen LogP contribution is -2.35. The molecule has 0 spiro atoms. The molecule has 1 rings (SSSR count). The molecule has 0 fully saturated rings. The summed E-state index contributed by atoms with van der Waals surface area (Å²) in [5.41, 5.74) is 0.217. The van der Waals surface area contributed by atoms with Crippen LogP contribution in [0.3, 0.4) is 0 Å². The first-order valence-electron chi connectivity index (χ1n) is 5.77. The van der Waals surface area contributed by atoms with Crippen LogP contribution < -0.4 is 10.6 Å². The Morgan fingerprint density at radius 3 is 2.65 bits per heavy atom. The van der Waals surface area contributed by atoms with Gasteiger partial charge < -0.3 is 15.7 Å². The normalized spacial score (nSPS) is 11.8. The van der Waals surface area contributed by atoms with Crippen molar-refractivity contribution in [2.75, 3.05) is 11.9 Å². The van der Waals surface area contributed by atoms with Crippen molar-refractivity contribution >= 4 is 45.2 Å². The van der Waals surface area contributed by atoms with Crippen LogP contribution in [0.4, 0.5) is 14.9 Å². The number of aliphatic carboxylic acids is 1. The monoisotopic (exact) mass is 366 g/mol. The highest BCUT2D eigenvalue weighted by molar-refractivity contribution is 9.10. The number of carbonyl (C=O) groups excluding carboxylic acids is 1. The fourth-order valence-electron chi connectivity index (χ4n) is 1.44. The molecule has 0 saturated heterocycles. The van der Waals surface area contributed by atoms with Gasteiger partial charge in [0.05, 0.1) is 16.6 Å². The van der Waals surface area contributed by atoms with Crippen molar-refractivity contribution < 1.29 is 19.1 Å². The molecule has 0 aliphatic rings. The summed E-state index contributed by atoms with van der Waals surface area (Å²) in [6.07, 6.45) is 0.399. The quantitative estimate of drug-likeness (QED) is 0.745. The van der Waals surface area contributed by atoms with Gasteiger partial charge in [-0.1, -0.05) is 18.5 Å². The topological polar surface area (TPSA) is 78.4 Å². The number of hydrogen-bond acceptors (Lipinski definition) is 2. The maximum atomic E-state index is 13.0. The molecule has 3 N–H and O–H groups in total. The van der Waals surface area contributed by atoms with E-state index in [0.717, 1.165) is 12.1 Å². The molecule has 0 saturated carbocycles. The van der Waals surface area contributed by atoms with Crippen LogP contribution in [0.1, 0.15) is 13.3 Å². The summed E-state index contributed by atoms with van der Waals surface area (Å²) in [5.74, 6) is -2.17. The van der Waals surface area contributed by atoms with Gasteiger partial charge in [-0.2, -0.15) is 0 Å². The number of amides is 2. The van der Waals surface area contributed by atoms with E-state index in [1.807, 2.05) is 0 Å². The van der Waals surface area contributed by atoms with Crippen LogP contribution in [-0.2, 0) is 4.79 Å². The number of carboxylic acids is 1. The van der Waals surface area contributed by atoms with Gasteiger partial charge in [0.15, 0.2) is 0 Å². The van der Waals surface area contributed by atoms with Gasteiger partial charge in [-0.3, -0.25) is 4.79 Å². The molecule has 0 radical (unpaired) electrons. The molecule has 1 atom stereocenters. The van der Waals surface area contributed by atoms with Crippen LogP contribution in [-0.4, -0.2) is 23.7 Å². The fourth-order valence-corrected chi connectivity index (χ4v) is 2.34. The maximum absolute atomic E-state index is 13.0. The molecule has 1 aromatic carbocycles. The second-order valence-electron chi connectivity index (χ2n) is 4.02. The lowest BCUT2D eigenvalue weighted by Gasteiger charge is -2.13. The van der Waals surface area contributed by atoms with Crippen LogP contribution in [0.25, 0.3) is 0 Å². The molecule has 0 aliphatic carbocycles. The van der Waals surface area contributed by atoms with Gasteiger partial charge in [-0.25, -0.2) is 9.18 Å². The van der Waals surface area contributed by atoms with Gasteiger partial charge in [0.25, 0.3) is 0 Å². The number of urea groups is 1. The van der Waals surface area contributed by atoms with Crippen LogP contribution in [0.2, 0.25) is 5.02 Å². The average Bonchev–Trinajstić information content (AvgIpc) is 2.34. The van der Waals surface area contributed by atoms with E-state index in [4.69, 9.17) is 16.7 Å². The smallest absolute Gasteiger partial charge is 0.319 e. The molecule has 0 bridgehead atoms. The number of carboxylic acid groups (broad SMARTS) is 1. The third-order valence-electron chi connectivity index (χ3n) is 2.60. The number of carbonyl (C=O) groups is 2. The van der Waals surface area contributed by atoms with Gasteiger partial charge in [0.1, 0.15) is 5.82 Å². The largest absolute Gasteiger partial charge is 0.481 e. The number of hydrogen-bond donors (Lipinski definition) is 3. The fraction of sp³-hybridized carbons (Fsp3) is 0.333. The zero-order valence-electron chi connectivity index (χ0n) is 10.5. The second-order valence-corrected chi connectivity index (χ2v) is 5.28. The molecule has 0 heterocycles. The second kappa shape index (κ2) is 7.44. The molecule has 0 aliphatic heterocycles. The van der Waals surface area contributed by atoms with Crippen molar-refractivity contribution in [3.63, 3.8) is 0 Å². The molecule has 8 heteroatoms. The van der Waals surface area contributed by atoms with E-state index in [-0.39, 0.29) is 17.3 Å². The van der Waals surface area contributed by atoms with E-state index >= 15 is 0 Å². The van der Waals surface area contributed by atoms with Crippen molar-refractivity contribution in [2.24, 2.45) is 5.92 Å². The molecule has 2 amide bonds. The Kier molecular flexibility index (Phi) is 6.22. The first kappa shape index (κ1) is 16.7. The van der Waals surface area contributed by atoms with E-state index in [1.54, 1.807) is 6.92 Å². The number of anilines is 1. The summed E-state index contributed by atoms with van der Waals surface area (Å²) in [6.45, 7) is 1.71. The number of halogens is 3. The number of nitrogens with one attached hydrogen (secondary N) is 2. The molecule has 1 aromatic rings. The Bertz CT molecular complexity index is 504. The van der Waals surface area contributed by atoms with Gasteiger partial charge in [-0.15, -0.1) is 0 Å². The van der Waals surface area contributed by atoms with Crippen molar-refractivity contribution in [1.29, 1.82) is 0 Å². The molecule has 5 nitrogen and oxygen atoms in total. The summed E-state index contributed by atoms with van der Waals surface area (Å²) in [6, 6.07) is 1.61. The lowest BCUT2D eigenvalue weighted by atomic mass is 10.1. The molecular formula is C12H13BrClFN2O3. The highest BCUT2D eigenvalue weighted by Crippen LogP contribution is 2.31. The van der Waals surface area contributed by atoms with E-state index in [2.05, 4.69) is 26.6 Å². The van der Waals surface area contributed by atoms with Crippen LogP contribution in [0, 0.1) is 11.7 Å². The molecular weight excluding hydrogens is 354 g/mol. The Labute approximate surface area is 128 Å². The predicted molar refractivity (Wildman–Crippen MR) is 77.5 cm³/mol. The van der Waals surface area contributed by atoms with Crippen molar-refractivity contribution in [3.8, 4) is 0 Å². The third-order valence-corrected chi connectivity index (χ3v) is 3.52. The number of rotatable bonds is 5. The Balaban J connectivity index is 2.66. The molecule has 110 valence electrons. The third kappa shape index (κ3) is 4.64. The van der Waals surface area contributed by atoms with Crippen LogP contribution in [0.15, 0.2) is 16.6 Å². The maximum Gasteiger partial charge on any atom is 0.319 e. The van der Waals surface area contributed by atoms with Crippen molar-refractivity contribution in [3.05, 3.63) is 27.4 Å². The summed E-state index contributed by atoms with van der Waals surface area (Å²) in [4.78, 5) is 22.5. The Morgan fingerprint density at radius 2 is 2.15 bits per heavy atom. The van der Waals surface area contributed by atoms with Crippen molar-refractivity contribution in [1.82, 2.24) is 5.32 Å². The molecule has 0 aromatic heterocycles. The Morgan fingerprint density at radius 1 is 1.50 bits per heavy atom. The molecule has 20 heavy (non-hydrogen) atoms. The summed E-state index contributed by atoms with van der Waals surface area (Å²) >= 11 is 8.90. The predicted octanol–water partition coefficient (Wildman–Crippen LogP) is 3.47. The highest BCUT2D eigenvalue weighted by Gasteiger charge is 2.17. The van der Waals surface area contributed by atoms with Gasteiger partial charge in [0, 0.05) is 11.0 Å². The number of benzene rings is 1. The van der Waals surface area contributed by atoms with Gasteiger partial charge in [0.2, 0.25) is 0 Å². The zero-order chi connectivity index (χ0) is 15.3. The first-order chi connectivity index (χ1) is 9.35. The first-order valence-corrected chi connectivity index (χ1v) is 6.94. The summed E-state index contributed by atoms with van der Waals surface area (Å²) in [7, 11) is 0. The minimum absolute atomic E-state index is 0.00585. The van der Waals surface area contributed by atoms with E-state index in [9.17, 15) is 14.0 Å². The van der Waals surface area contributed by atoms with Crippen molar-refractivity contribution in [2.45, 2.75) is 13.3 Å². The average molecular weight is 368 g/mol. The Hall–Kier alpha value is -1.34. The zero-order valence-corrected chi connectivity index (χ0v) is 12.9. The lowest BCUT2D eigenvalue weighted by molar-refractivity contribution is -0.141. The minimum Gasteiger partial charge on any atom is -0.481 e. The van der Waals surface area contributed by atoms with Crippen LogP contribution >= 0.6 is 27.5 Å². The van der Waals surface area contributed by atoms with Gasteiger partial charge in [-0.05, 0) is 34.5 Å². The summed E-state index contributed by atoms with van der Waals surface area (Å²) in [5, 5.41) is 13.8.